The Morgan fingerprint density at radius 3 is 2.33 bits per heavy atom. The Morgan fingerprint density at radius 1 is 1.03 bits per heavy atom. The number of rotatable bonds is 4. The van der Waals surface area contributed by atoms with Gasteiger partial charge in [-0.05, 0) is 67.4 Å². The zero-order chi connectivity index (χ0) is 23.1. The molecule has 6 nitrogen and oxygen atoms in total. The summed E-state index contributed by atoms with van der Waals surface area (Å²) in [5, 5.41) is 4.53. The molecule has 0 N–H and O–H groups in total. The first-order chi connectivity index (χ1) is 15.9. The number of ether oxygens (including phenoxy) is 1. The van der Waals surface area contributed by atoms with Crippen molar-refractivity contribution in [2.24, 2.45) is 5.92 Å². The third kappa shape index (κ3) is 4.13. The molecule has 2 aliphatic rings. The molecule has 3 heterocycles. The lowest BCUT2D eigenvalue weighted by atomic mass is 9.93. The number of halogens is 2. The average molecular weight is 450 g/mol. The van der Waals surface area contributed by atoms with Crippen LogP contribution in [0, 0.1) is 17.6 Å². The maximum atomic E-state index is 13.5. The van der Waals surface area contributed by atoms with E-state index < -0.39 is 0 Å². The van der Waals surface area contributed by atoms with Gasteiger partial charge >= 0.3 is 0 Å². The van der Waals surface area contributed by atoms with E-state index in [-0.39, 0.29) is 30.2 Å². The van der Waals surface area contributed by atoms with Gasteiger partial charge in [-0.1, -0.05) is 6.92 Å². The third-order valence-electron chi connectivity index (χ3n) is 6.44. The highest BCUT2D eigenvalue weighted by atomic mass is 19.1. The summed E-state index contributed by atoms with van der Waals surface area (Å²) < 4.78 is 34.3. The Hall–Kier alpha value is -3.55. The van der Waals surface area contributed by atoms with Crippen molar-refractivity contribution in [2.45, 2.75) is 32.9 Å². The highest BCUT2D eigenvalue weighted by molar-refractivity contribution is 5.77. The van der Waals surface area contributed by atoms with Gasteiger partial charge in [0.2, 0.25) is 5.91 Å². The van der Waals surface area contributed by atoms with Gasteiger partial charge in [-0.3, -0.25) is 4.79 Å². The fourth-order valence-electron chi connectivity index (χ4n) is 4.38. The van der Waals surface area contributed by atoms with Crippen molar-refractivity contribution < 1.29 is 18.3 Å². The van der Waals surface area contributed by atoms with E-state index in [0.717, 1.165) is 12.2 Å². The molecule has 0 fully saturated rings. The van der Waals surface area contributed by atoms with Gasteiger partial charge in [0.05, 0.1) is 6.54 Å². The molecule has 0 saturated carbocycles. The number of benzene rings is 2. The number of carbonyl (C=O) groups is 1. The molecule has 2 aliphatic heterocycles. The van der Waals surface area contributed by atoms with Gasteiger partial charge < -0.3 is 9.64 Å². The predicted octanol–water partition coefficient (Wildman–Crippen LogP) is 4.43. The molecule has 1 aromatic heterocycles. The van der Waals surface area contributed by atoms with E-state index in [0.29, 0.717) is 41.8 Å². The Balaban J connectivity index is 1.43. The van der Waals surface area contributed by atoms with Crippen molar-refractivity contribution in [2.75, 3.05) is 13.1 Å². The molecule has 0 bridgehead atoms. The second-order valence-electron chi connectivity index (χ2n) is 8.56. The summed E-state index contributed by atoms with van der Waals surface area (Å²) in [4.78, 5) is 19.6. The minimum absolute atomic E-state index is 0.0192. The summed E-state index contributed by atoms with van der Waals surface area (Å²) in [6.07, 6.45) is 0.930. The lowest BCUT2D eigenvalue weighted by molar-refractivity contribution is -0.132. The maximum absolute atomic E-state index is 13.5. The summed E-state index contributed by atoms with van der Waals surface area (Å²) in [6.45, 7) is 5.27. The molecule has 0 radical (unpaired) electrons. The van der Waals surface area contributed by atoms with Crippen molar-refractivity contribution in [3.63, 3.8) is 0 Å². The van der Waals surface area contributed by atoms with Crippen LogP contribution >= 0.6 is 0 Å². The van der Waals surface area contributed by atoms with Crippen LogP contribution in [0.25, 0.3) is 22.8 Å². The molecule has 5 rings (SSSR count). The first-order valence-corrected chi connectivity index (χ1v) is 11.0. The van der Waals surface area contributed by atoms with Gasteiger partial charge in [-0.15, -0.1) is 5.10 Å². The second kappa shape index (κ2) is 8.42. The lowest BCUT2D eigenvalue weighted by Crippen LogP contribution is -2.39. The molecule has 3 aromatic rings. The molecule has 2 atom stereocenters. The summed E-state index contributed by atoms with van der Waals surface area (Å²) in [5.74, 6) is 1.26. The standard InChI is InChI=1S/C25H24F2N4O2/c1-15-16(2)33-22-13-30(12-11-21(15)22)23(32)14-31-25(18-5-9-20(27)10-6-18)28-24(29-31)17-3-7-19(26)8-4-17/h3-10,15-16H,11-14H2,1-2H3. The van der Waals surface area contributed by atoms with Crippen LogP contribution in [-0.4, -0.2) is 44.8 Å². The Kier molecular flexibility index (Phi) is 5.44. The van der Waals surface area contributed by atoms with E-state index in [2.05, 4.69) is 23.9 Å². The number of aromatic nitrogens is 3. The molecule has 0 aliphatic carbocycles. The largest absolute Gasteiger partial charge is 0.493 e. The van der Waals surface area contributed by atoms with Crippen LogP contribution in [0.4, 0.5) is 8.78 Å². The average Bonchev–Trinajstić information content (AvgIpc) is 3.35. The monoisotopic (exact) mass is 450 g/mol. The van der Waals surface area contributed by atoms with Gasteiger partial charge in [0.25, 0.3) is 0 Å². The minimum Gasteiger partial charge on any atom is -0.493 e. The molecule has 0 saturated heterocycles. The fourth-order valence-corrected chi connectivity index (χ4v) is 4.38. The summed E-state index contributed by atoms with van der Waals surface area (Å²) in [7, 11) is 0. The van der Waals surface area contributed by atoms with Crippen LogP contribution in [0.3, 0.4) is 0 Å². The van der Waals surface area contributed by atoms with Crippen LogP contribution in [0.15, 0.2) is 59.9 Å². The van der Waals surface area contributed by atoms with Crippen LogP contribution in [0.5, 0.6) is 0 Å². The lowest BCUT2D eigenvalue weighted by Gasteiger charge is -2.28. The SMILES string of the molecule is CC1OC2=C(CCN(C(=O)Cn3nc(-c4ccc(F)cc4)nc3-c3ccc(F)cc3)C2)C1C. The number of hydrogen-bond acceptors (Lipinski definition) is 4. The Morgan fingerprint density at radius 2 is 1.67 bits per heavy atom. The van der Waals surface area contributed by atoms with Crippen LogP contribution < -0.4 is 0 Å². The molecule has 0 spiro atoms. The third-order valence-corrected chi connectivity index (χ3v) is 6.44. The summed E-state index contributed by atoms with van der Waals surface area (Å²) >= 11 is 0. The topological polar surface area (TPSA) is 60.2 Å². The highest BCUT2D eigenvalue weighted by Gasteiger charge is 2.35. The number of nitrogens with zero attached hydrogens (tertiary/aromatic N) is 4. The molecule has 2 unspecified atom stereocenters. The van der Waals surface area contributed by atoms with E-state index >= 15 is 0 Å². The first-order valence-electron chi connectivity index (χ1n) is 11.0. The Labute approximate surface area is 190 Å². The fraction of sp³-hybridized carbons (Fsp3) is 0.320. The quantitative estimate of drug-likeness (QED) is 0.590. The van der Waals surface area contributed by atoms with Crippen LogP contribution in [0.1, 0.15) is 20.3 Å². The molecular weight excluding hydrogens is 426 g/mol. The molecule has 1 amide bonds. The molecule has 33 heavy (non-hydrogen) atoms. The van der Waals surface area contributed by atoms with Crippen molar-refractivity contribution in [3.05, 3.63) is 71.5 Å². The van der Waals surface area contributed by atoms with Gasteiger partial charge in [-0.25, -0.2) is 18.4 Å². The van der Waals surface area contributed by atoms with Gasteiger partial charge in [0, 0.05) is 23.6 Å². The van der Waals surface area contributed by atoms with Crippen molar-refractivity contribution in [3.8, 4) is 22.8 Å². The normalized spacial score (nSPS) is 20.1. The van der Waals surface area contributed by atoms with Gasteiger partial charge in [-0.2, -0.15) is 0 Å². The van der Waals surface area contributed by atoms with E-state index in [9.17, 15) is 13.6 Å². The van der Waals surface area contributed by atoms with Crippen molar-refractivity contribution in [1.29, 1.82) is 0 Å². The van der Waals surface area contributed by atoms with E-state index in [1.807, 2.05) is 0 Å². The molecular formula is C25H24F2N4O2. The van der Waals surface area contributed by atoms with Crippen molar-refractivity contribution >= 4 is 5.91 Å². The molecule has 2 aromatic carbocycles. The first kappa shape index (κ1) is 21.3. The second-order valence-corrected chi connectivity index (χ2v) is 8.56. The summed E-state index contributed by atoms with van der Waals surface area (Å²) in [5.41, 5.74) is 2.56. The summed E-state index contributed by atoms with van der Waals surface area (Å²) in [6, 6.07) is 11.7. The van der Waals surface area contributed by atoms with Crippen LogP contribution in [0.2, 0.25) is 0 Å². The highest BCUT2D eigenvalue weighted by Crippen LogP contribution is 2.36. The maximum Gasteiger partial charge on any atom is 0.244 e. The van der Waals surface area contributed by atoms with Gasteiger partial charge in [0.1, 0.15) is 30.0 Å². The molecule has 8 heteroatoms. The smallest absolute Gasteiger partial charge is 0.244 e. The van der Waals surface area contributed by atoms with Crippen LogP contribution in [-0.2, 0) is 16.1 Å². The van der Waals surface area contributed by atoms with E-state index in [4.69, 9.17) is 4.74 Å². The number of carbonyl (C=O) groups excluding carboxylic acids is 1. The van der Waals surface area contributed by atoms with Gasteiger partial charge in [0.15, 0.2) is 11.6 Å². The van der Waals surface area contributed by atoms with E-state index in [1.165, 1.54) is 34.5 Å². The minimum atomic E-state index is -0.364. The van der Waals surface area contributed by atoms with Crippen molar-refractivity contribution in [1.82, 2.24) is 19.7 Å². The Bertz CT molecular complexity index is 1220. The number of hydrogen-bond donors (Lipinski definition) is 0. The van der Waals surface area contributed by atoms with E-state index in [1.54, 1.807) is 29.2 Å². The number of amides is 1. The predicted molar refractivity (Wildman–Crippen MR) is 119 cm³/mol. The zero-order valence-corrected chi connectivity index (χ0v) is 18.5. The zero-order valence-electron chi connectivity index (χ0n) is 18.5. The molecule has 170 valence electrons.